The van der Waals surface area contributed by atoms with Crippen LogP contribution in [0, 0.1) is 17.8 Å². The van der Waals surface area contributed by atoms with Crippen LogP contribution < -0.4 is 0 Å². The molecule has 0 N–H and O–H groups in total. The minimum Gasteiger partial charge on any atom is -0.458 e. The number of rotatable bonds is 12. The van der Waals surface area contributed by atoms with E-state index in [4.69, 9.17) is 4.74 Å². The van der Waals surface area contributed by atoms with Crippen LogP contribution in [0.25, 0.3) is 11.1 Å². The molecular formula is C32H46O2. The second-order valence-electron chi connectivity index (χ2n) is 10.6. The molecule has 2 aromatic carbocycles. The lowest BCUT2D eigenvalue weighted by atomic mass is 9.78. The van der Waals surface area contributed by atoms with Crippen LogP contribution in [0.1, 0.15) is 108 Å². The molecule has 0 bridgehead atoms. The molecule has 3 unspecified atom stereocenters. The highest BCUT2D eigenvalue weighted by Gasteiger charge is 2.32. The predicted molar refractivity (Wildman–Crippen MR) is 144 cm³/mol. The number of carbonyl (C=O) groups excluding carboxylic acids is 1. The van der Waals surface area contributed by atoms with E-state index in [1.807, 2.05) is 12.1 Å². The summed E-state index contributed by atoms with van der Waals surface area (Å²) in [6.45, 7) is 9.05. The normalized spacial score (nSPS) is 17.2. The predicted octanol–water partition coefficient (Wildman–Crippen LogP) is 9.26. The number of hydrogen-bond acceptors (Lipinski definition) is 2. The lowest BCUT2D eigenvalue weighted by molar-refractivity contribution is -0.0188. The molecule has 0 saturated heterocycles. The summed E-state index contributed by atoms with van der Waals surface area (Å²) in [6.07, 6.45) is 13.3. The minimum absolute atomic E-state index is 0.0575. The fourth-order valence-corrected chi connectivity index (χ4v) is 5.48. The van der Waals surface area contributed by atoms with Gasteiger partial charge in [0, 0.05) is 0 Å². The maximum absolute atomic E-state index is 13.2. The number of unbranched alkanes of at least 4 members (excludes halogenated alkanes) is 1. The van der Waals surface area contributed by atoms with Gasteiger partial charge in [-0.05, 0) is 78.7 Å². The fraction of sp³-hybridized carbons (Fsp3) is 0.594. The van der Waals surface area contributed by atoms with Crippen molar-refractivity contribution >= 4 is 5.97 Å². The Morgan fingerprint density at radius 2 is 1.50 bits per heavy atom. The van der Waals surface area contributed by atoms with Gasteiger partial charge < -0.3 is 4.74 Å². The third kappa shape index (κ3) is 7.45. The third-order valence-electron chi connectivity index (χ3n) is 7.96. The fourth-order valence-electron chi connectivity index (χ4n) is 5.48. The van der Waals surface area contributed by atoms with Crippen molar-refractivity contribution in [2.24, 2.45) is 17.8 Å². The molecule has 186 valence electrons. The molecule has 0 spiro atoms. The van der Waals surface area contributed by atoms with Gasteiger partial charge in [0.15, 0.2) is 0 Å². The summed E-state index contributed by atoms with van der Waals surface area (Å²) in [4.78, 5) is 13.2. The molecular weight excluding hydrogens is 416 g/mol. The quantitative estimate of drug-likeness (QED) is 0.294. The summed E-state index contributed by atoms with van der Waals surface area (Å²) < 4.78 is 6.30. The second-order valence-corrected chi connectivity index (χ2v) is 10.6. The first-order valence-corrected chi connectivity index (χ1v) is 14.0. The zero-order valence-electron chi connectivity index (χ0n) is 22.0. The van der Waals surface area contributed by atoms with Gasteiger partial charge in [-0.25, -0.2) is 4.79 Å². The Kier molecular flexibility index (Phi) is 10.7. The molecule has 0 aromatic heterocycles. The molecule has 0 amide bonds. The lowest BCUT2D eigenvalue weighted by Crippen LogP contribution is -2.35. The van der Waals surface area contributed by atoms with Gasteiger partial charge in [0.05, 0.1) is 5.56 Å². The molecule has 3 rings (SSSR count). The lowest BCUT2D eigenvalue weighted by Gasteiger charge is -2.35. The Labute approximate surface area is 208 Å². The van der Waals surface area contributed by atoms with Crippen LogP contribution in [0.4, 0.5) is 0 Å². The van der Waals surface area contributed by atoms with E-state index in [0.29, 0.717) is 23.3 Å². The van der Waals surface area contributed by atoms with Gasteiger partial charge in [0.1, 0.15) is 6.10 Å². The van der Waals surface area contributed by atoms with Crippen LogP contribution in [0.5, 0.6) is 0 Å². The zero-order chi connectivity index (χ0) is 24.3. The topological polar surface area (TPSA) is 26.3 Å². The molecule has 0 heterocycles. The summed E-state index contributed by atoms with van der Waals surface area (Å²) in [5, 5.41) is 0. The first kappa shape index (κ1) is 26.5. The summed E-state index contributed by atoms with van der Waals surface area (Å²) in [5.74, 6) is 1.55. The third-order valence-corrected chi connectivity index (χ3v) is 7.96. The minimum atomic E-state index is -0.152. The van der Waals surface area contributed by atoms with Gasteiger partial charge in [-0.3, -0.25) is 0 Å². The second kappa shape index (κ2) is 13.7. The van der Waals surface area contributed by atoms with Gasteiger partial charge in [0.2, 0.25) is 0 Å². The number of hydrogen-bond donors (Lipinski definition) is 0. The molecule has 0 radical (unpaired) electrons. The van der Waals surface area contributed by atoms with E-state index in [1.54, 1.807) is 0 Å². The molecule has 0 aliphatic heterocycles. The van der Waals surface area contributed by atoms with Crippen molar-refractivity contribution in [3.8, 4) is 11.1 Å². The van der Waals surface area contributed by atoms with Crippen LogP contribution in [0.2, 0.25) is 0 Å². The average molecular weight is 463 g/mol. The Hall–Kier alpha value is -2.09. The maximum Gasteiger partial charge on any atom is 0.338 e. The first-order chi connectivity index (χ1) is 16.5. The summed E-state index contributed by atoms with van der Waals surface area (Å²) in [6, 6.07) is 16.9. The van der Waals surface area contributed by atoms with Gasteiger partial charge in [-0.1, -0.05) is 103 Å². The summed E-state index contributed by atoms with van der Waals surface area (Å²) in [7, 11) is 0. The zero-order valence-corrected chi connectivity index (χ0v) is 22.0. The van der Waals surface area contributed by atoms with Gasteiger partial charge in [-0.2, -0.15) is 0 Å². The largest absolute Gasteiger partial charge is 0.458 e. The van der Waals surface area contributed by atoms with Crippen LogP contribution in [-0.4, -0.2) is 12.1 Å². The Bertz CT molecular complexity index is 846. The van der Waals surface area contributed by atoms with Crippen molar-refractivity contribution in [3.05, 3.63) is 59.7 Å². The number of esters is 1. The molecule has 1 saturated carbocycles. The van der Waals surface area contributed by atoms with Gasteiger partial charge in [-0.15, -0.1) is 0 Å². The highest BCUT2D eigenvalue weighted by molar-refractivity contribution is 5.90. The van der Waals surface area contributed by atoms with Crippen molar-refractivity contribution in [2.45, 2.75) is 104 Å². The van der Waals surface area contributed by atoms with Gasteiger partial charge in [0.25, 0.3) is 0 Å². The van der Waals surface area contributed by atoms with Crippen molar-refractivity contribution in [2.75, 3.05) is 0 Å². The molecule has 34 heavy (non-hydrogen) atoms. The molecule has 1 aliphatic carbocycles. The Morgan fingerprint density at radius 1 is 0.882 bits per heavy atom. The van der Waals surface area contributed by atoms with E-state index in [2.05, 4.69) is 64.1 Å². The summed E-state index contributed by atoms with van der Waals surface area (Å²) in [5.41, 5.74) is 4.40. The summed E-state index contributed by atoms with van der Waals surface area (Å²) >= 11 is 0. The van der Waals surface area contributed by atoms with Crippen molar-refractivity contribution in [1.29, 1.82) is 0 Å². The molecule has 1 fully saturated rings. The van der Waals surface area contributed by atoms with Crippen LogP contribution in [0.15, 0.2) is 48.5 Å². The smallest absolute Gasteiger partial charge is 0.338 e. The number of ether oxygens (including phenoxy) is 1. The van der Waals surface area contributed by atoms with E-state index >= 15 is 0 Å². The van der Waals surface area contributed by atoms with E-state index in [0.717, 1.165) is 24.8 Å². The Morgan fingerprint density at radius 3 is 2.06 bits per heavy atom. The number of carbonyl (C=O) groups is 1. The van der Waals surface area contributed by atoms with Crippen LogP contribution in [0.3, 0.4) is 0 Å². The van der Waals surface area contributed by atoms with Crippen molar-refractivity contribution in [3.63, 3.8) is 0 Å². The Balaban J connectivity index is 1.68. The van der Waals surface area contributed by atoms with Gasteiger partial charge >= 0.3 is 5.97 Å². The molecule has 1 aliphatic rings. The van der Waals surface area contributed by atoms with Crippen molar-refractivity contribution < 1.29 is 9.53 Å². The van der Waals surface area contributed by atoms with Crippen LogP contribution >= 0.6 is 0 Å². The van der Waals surface area contributed by atoms with E-state index in [-0.39, 0.29) is 12.1 Å². The highest BCUT2D eigenvalue weighted by atomic mass is 16.5. The first-order valence-electron chi connectivity index (χ1n) is 14.0. The molecule has 3 atom stereocenters. The molecule has 2 nitrogen and oxygen atoms in total. The monoisotopic (exact) mass is 462 g/mol. The highest BCUT2D eigenvalue weighted by Crippen LogP contribution is 2.35. The van der Waals surface area contributed by atoms with Crippen molar-refractivity contribution in [1.82, 2.24) is 0 Å². The average Bonchev–Trinajstić information content (AvgIpc) is 2.89. The SMILES string of the molecule is CCCCC(CC)C(OC(=O)c1ccc(-c2ccc(CC(C)CC)cc2)cc1)C1CCCCC1. The number of benzene rings is 2. The molecule has 2 aromatic rings. The molecule has 2 heteroatoms. The van der Waals surface area contributed by atoms with E-state index < -0.39 is 0 Å². The van der Waals surface area contributed by atoms with E-state index in [9.17, 15) is 4.79 Å². The van der Waals surface area contributed by atoms with Crippen LogP contribution in [-0.2, 0) is 11.2 Å². The standard InChI is InChI=1S/C32H46O2/c1-5-8-12-26(7-3)31(29-13-10-9-11-14-29)34-32(33)30-21-19-28(20-22-30)27-17-15-25(16-18-27)23-24(4)6-2/h15-22,24,26,29,31H,5-14,23H2,1-4H3. The van der Waals surface area contributed by atoms with E-state index in [1.165, 1.54) is 62.5 Å². The maximum atomic E-state index is 13.2.